The van der Waals surface area contributed by atoms with Crippen molar-refractivity contribution in [2.24, 2.45) is 0 Å². The van der Waals surface area contributed by atoms with Gasteiger partial charge in [-0.1, -0.05) is 17.7 Å². The second kappa shape index (κ2) is 8.80. The lowest BCUT2D eigenvalue weighted by molar-refractivity contribution is -0.0150. The van der Waals surface area contributed by atoms with Crippen LogP contribution in [0.3, 0.4) is 0 Å². The lowest BCUT2D eigenvalue weighted by atomic mass is 9.98. The highest BCUT2D eigenvalue weighted by Gasteiger charge is 2.46. The molecular formula is C26H18ClF2N5O4. The Balaban J connectivity index is 1.44. The molecule has 38 heavy (non-hydrogen) atoms. The van der Waals surface area contributed by atoms with E-state index in [0.717, 1.165) is 11.8 Å². The summed E-state index contributed by atoms with van der Waals surface area (Å²) < 4.78 is 39.5. The number of ether oxygens (including phenoxy) is 1. The van der Waals surface area contributed by atoms with Gasteiger partial charge in [0.2, 0.25) is 0 Å². The quantitative estimate of drug-likeness (QED) is 0.293. The Kier molecular flexibility index (Phi) is 5.53. The summed E-state index contributed by atoms with van der Waals surface area (Å²) in [4.78, 5) is 33.2. The normalized spacial score (nSPS) is 15.3. The second-order valence-electron chi connectivity index (χ2n) is 8.94. The lowest BCUT2D eigenvalue weighted by Crippen LogP contribution is -2.38. The van der Waals surface area contributed by atoms with Crippen molar-refractivity contribution in [3.8, 4) is 22.8 Å². The smallest absolute Gasteiger partial charge is 0.417 e. The second-order valence-corrected chi connectivity index (χ2v) is 9.37. The van der Waals surface area contributed by atoms with Crippen molar-refractivity contribution in [2.45, 2.75) is 18.9 Å². The first kappa shape index (κ1) is 23.9. The molecule has 1 atom stereocenters. The molecule has 192 valence electrons. The zero-order valence-corrected chi connectivity index (χ0v) is 20.4. The minimum Gasteiger partial charge on any atom is -0.456 e. The molecule has 3 aromatic heterocycles. The number of carbonyl (C=O) groups is 1. The van der Waals surface area contributed by atoms with Crippen LogP contribution in [0.25, 0.3) is 22.4 Å². The monoisotopic (exact) mass is 537 g/mol. The fraction of sp³-hybridized carbons (Fsp3) is 0.154. The highest BCUT2D eigenvalue weighted by Crippen LogP contribution is 2.44. The van der Waals surface area contributed by atoms with Crippen LogP contribution in [0.4, 0.5) is 8.78 Å². The average Bonchev–Trinajstić information content (AvgIpc) is 3.54. The van der Waals surface area contributed by atoms with Crippen molar-refractivity contribution in [3.63, 3.8) is 0 Å². The zero-order chi connectivity index (χ0) is 26.6. The number of hydrogen-bond acceptors (Lipinski definition) is 6. The summed E-state index contributed by atoms with van der Waals surface area (Å²) in [7, 11) is 0. The molecular weight excluding hydrogens is 520 g/mol. The SMILES string of the molecule is CC(F)(F)CN1C(=O)c2[nH]nc(-c3cccc4[nH]c(=O)oc34)c2C1c1ccc(Oc2ccc(Cl)cc2)cn1. The Morgan fingerprint density at radius 2 is 1.87 bits per heavy atom. The maximum atomic E-state index is 14.2. The van der Waals surface area contributed by atoms with Crippen LogP contribution in [0.5, 0.6) is 11.5 Å². The fourth-order valence-corrected chi connectivity index (χ4v) is 4.71. The van der Waals surface area contributed by atoms with Crippen LogP contribution in [-0.2, 0) is 0 Å². The Hall–Kier alpha value is -4.51. The van der Waals surface area contributed by atoms with E-state index < -0.39 is 30.2 Å². The molecule has 0 saturated carbocycles. The van der Waals surface area contributed by atoms with Gasteiger partial charge in [-0.2, -0.15) is 5.10 Å². The van der Waals surface area contributed by atoms with E-state index in [-0.39, 0.29) is 17.0 Å². The number of rotatable bonds is 6. The van der Waals surface area contributed by atoms with E-state index in [0.29, 0.717) is 38.9 Å². The number of aromatic nitrogens is 4. The topological polar surface area (TPSA) is 117 Å². The minimum absolute atomic E-state index is 0.0624. The van der Waals surface area contributed by atoms with Crippen molar-refractivity contribution in [1.29, 1.82) is 0 Å². The molecule has 1 aliphatic heterocycles. The molecule has 0 saturated heterocycles. The van der Waals surface area contributed by atoms with E-state index in [1.165, 1.54) is 6.20 Å². The summed E-state index contributed by atoms with van der Waals surface area (Å²) in [5, 5.41) is 7.56. The van der Waals surface area contributed by atoms with E-state index >= 15 is 0 Å². The molecule has 0 radical (unpaired) electrons. The number of nitrogens with one attached hydrogen (secondary N) is 2. The molecule has 2 aromatic carbocycles. The number of halogens is 3. The number of hydrogen-bond donors (Lipinski definition) is 2. The number of H-pyrrole nitrogens is 2. The van der Waals surface area contributed by atoms with Gasteiger partial charge in [0, 0.05) is 23.1 Å². The maximum Gasteiger partial charge on any atom is 0.417 e. The van der Waals surface area contributed by atoms with Crippen molar-refractivity contribution in [3.05, 3.63) is 93.3 Å². The minimum atomic E-state index is -3.17. The number of carbonyl (C=O) groups excluding carboxylic acids is 1. The van der Waals surface area contributed by atoms with Gasteiger partial charge in [-0.3, -0.25) is 19.9 Å². The van der Waals surface area contributed by atoms with Gasteiger partial charge in [0.05, 0.1) is 24.0 Å². The molecule has 9 nitrogen and oxygen atoms in total. The number of pyridine rings is 1. The molecule has 0 spiro atoms. The van der Waals surface area contributed by atoms with Crippen LogP contribution in [0.15, 0.2) is 70.0 Å². The predicted octanol–water partition coefficient (Wildman–Crippen LogP) is 5.55. The first-order chi connectivity index (χ1) is 18.2. The van der Waals surface area contributed by atoms with Gasteiger partial charge in [0.15, 0.2) is 5.58 Å². The third-order valence-corrected chi connectivity index (χ3v) is 6.35. The Morgan fingerprint density at radius 1 is 1.11 bits per heavy atom. The van der Waals surface area contributed by atoms with E-state index in [1.807, 2.05) is 0 Å². The van der Waals surface area contributed by atoms with Gasteiger partial charge in [0.25, 0.3) is 11.8 Å². The van der Waals surface area contributed by atoms with Crippen LogP contribution in [0.1, 0.15) is 34.7 Å². The Bertz CT molecular complexity index is 1720. The largest absolute Gasteiger partial charge is 0.456 e. The van der Waals surface area contributed by atoms with Crippen molar-refractivity contribution < 1.29 is 22.7 Å². The van der Waals surface area contributed by atoms with E-state index in [4.69, 9.17) is 20.8 Å². The molecule has 2 N–H and O–H groups in total. The summed E-state index contributed by atoms with van der Waals surface area (Å²) >= 11 is 5.92. The molecule has 0 aliphatic carbocycles. The van der Waals surface area contributed by atoms with Crippen molar-refractivity contribution >= 4 is 28.6 Å². The zero-order valence-electron chi connectivity index (χ0n) is 19.7. The highest BCUT2D eigenvalue weighted by atomic mass is 35.5. The number of fused-ring (bicyclic) bond motifs is 2. The summed E-state index contributed by atoms with van der Waals surface area (Å²) in [6, 6.07) is 14.0. The lowest BCUT2D eigenvalue weighted by Gasteiger charge is -2.28. The summed E-state index contributed by atoms with van der Waals surface area (Å²) in [6.45, 7) is -0.0957. The first-order valence-electron chi connectivity index (χ1n) is 11.5. The number of alkyl halides is 2. The van der Waals surface area contributed by atoms with Gasteiger partial charge in [-0.05, 0) is 48.5 Å². The molecule has 0 bridgehead atoms. The molecule has 1 amide bonds. The number of aromatic amines is 2. The number of amides is 1. The maximum absolute atomic E-state index is 14.2. The summed E-state index contributed by atoms with van der Waals surface area (Å²) in [6.07, 6.45) is 1.44. The summed E-state index contributed by atoms with van der Waals surface area (Å²) in [5.74, 6) is -3.53. The molecule has 6 rings (SSSR count). The standard InChI is InChI=1S/C26H18ClF2N5O4/c1-26(28,29)12-34-22(17-10-9-15(11-30-17)37-14-7-5-13(27)6-8-14)19-20(32-33-21(19)24(34)35)16-3-2-4-18-23(16)38-25(36)31-18/h2-11,22H,12H2,1H3,(H,31,36)(H,32,33). The van der Waals surface area contributed by atoms with Crippen LogP contribution < -0.4 is 10.5 Å². The van der Waals surface area contributed by atoms with Crippen LogP contribution in [-0.4, -0.2) is 43.4 Å². The predicted molar refractivity (Wildman–Crippen MR) is 134 cm³/mol. The number of para-hydroxylation sites is 1. The molecule has 1 unspecified atom stereocenters. The molecule has 0 fully saturated rings. The highest BCUT2D eigenvalue weighted by molar-refractivity contribution is 6.30. The summed E-state index contributed by atoms with van der Waals surface area (Å²) in [5.41, 5.74) is 2.12. The van der Waals surface area contributed by atoms with Crippen molar-refractivity contribution in [1.82, 2.24) is 25.1 Å². The van der Waals surface area contributed by atoms with Gasteiger partial charge in [-0.25, -0.2) is 13.6 Å². The van der Waals surface area contributed by atoms with Gasteiger partial charge in [0.1, 0.15) is 28.9 Å². The van der Waals surface area contributed by atoms with E-state index in [1.54, 1.807) is 54.6 Å². The molecule has 4 heterocycles. The van der Waals surface area contributed by atoms with E-state index in [9.17, 15) is 18.4 Å². The third kappa shape index (κ3) is 4.20. The number of oxazole rings is 1. The molecule has 1 aliphatic rings. The van der Waals surface area contributed by atoms with Crippen LogP contribution in [0, 0.1) is 0 Å². The Morgan fingerprint density at radius 3 is 2.58 bits per heavy atom. The number of nitrogens with zero attached hydrogens (tertiary/aromatic N) is 3. The van der Waals surface area contributed by atoms with Crippen LogP contribution >= 0.6 is 11.6 Å². The van der Waals surface area contributed by atoms with Gasteiger partial charge >= 0.3 is 5.76 Å². The van der Waals surface area contributed by atoms with E-state index in [2.05, 4.69) is 20.2 Å². The molecule has 12 heteroatoms. The van der Waals surface area contributed by atoms with Crippen molar-refractivity contribution in [2.75, 3.05) is 6.54 Å². The average molecular weight is 538 g/mol. The van der Waals surface area contributed by atoms with Crippen LogP contribution in [0.2, 0.25) is 5.02 Å². The Labute approximate surface area is 218 Å². The first-order valence-corrected chi connectivity index (χ1v) is 11.8. The molecule has 5 aromatic rings. The van der Waals surface area contributed by atoms with Gasteiger partial charge < -0.3 is 14.1 Å². The number of benzene rings is 2. The third-order valence-electron chi connectivity index (χ3n) is 6.10. The fourth-order valence-electron chi connectivity index (χ4n) is 4.58. The van der Waals surface area contributed by atoms with Gasteiger partial charge in [-0.15, -0.1) is 0 Å².